The summed E-state index contributed by atoms with van der Waals surface area (Å²) in [5, 5.41) is 38.3. The maximum Gasteiger partial charge on any atom is 0.250 e. The summed E-state index contributed by atoms with van der Waals surface area (Å²) in [7, 11) is 1.81. The van der Waals surface area contributed by atoms with Gasteiger partial charge in [0.05, 0.1) is 13.0 Å². The molecule has 3 rings (SSSR count). The van der Waals surface area contributed by atoms with Gasteiger partial charge in [-0.25, -0.2) is 0 Å². The highest BCUT2D eigenvalue weighted by Crippen LogP contribution is 2.25. The van der Waals surface area contributed by atoms with Crippen LogP contribution < -0.4 is 54.4 Å². The number of carbonyl (C=O) groups is 11. The van der Waals surface area contributed by atoms with Crippen LogP contribution in [0.25, 0.3) is 0 Å². The number of hydrogen-bond acceptors (Lipinski definition) is 15. The summed E-state index contributed by atoms with van der Waals surface area (Å²) in [4.78, 5) is 147. The molecule has 1 saturated heterocycles. The molecule has 2 aliphatic heterocycles. The number of primary amides is 3. The number of nitrogens with one attached hydrogen (secondary N) is 7. The van der Waals surface area contributed by atoms with E-state index in [1.807, 2.05) is 0 Å². The molecule has 0 unspecified atom stereocenters. The Morgan fingerprint density at radius 3 is 2.00 bits per heavy atom. The van der Waals surface area contributed by atoms with Gasteiger partial charge >= 0.3 is 0 Å². The van der Waals surface area contributed by atoms with E-state index in [4.69, 9.17) is 17.2 Å². The quantitative estimate of drug-likeness (QED) is 0.0526. The predicted octanol–water partition coefficient (Wildman–Crippen LogP) is -3.80. The summed E-state index contributed by atoms with van der Waals surface area (Å²) in [5.74, 6) is -11.5. The summed E-state index contributed by atoms with van der Waals surface area (Å²) < 4.78 is 0. The fourth-order valence-corrected chi connectivity index (χ4v) is 9.19. The van der Waals surface area contributed by atoms with Crippen LogP contribution >= 0.6 is 21.6 Å². The van der Waals surface area contributed by atoms with Crippen molar-refractivity contribution in [2.24, 2.45) is 29.0 Å². The minimum absolute atomic E-state index is 0.0698. The second-order valence-electron chi connectivity index (χ2n) is 17.0. The maximum atomic E-state index is 14.4. The van der Waals surface area contributed by atoms with Crippen LogP contribution in [0.2, 0.25) is 0 Å². The standard InChI is InChI=1S/C43H63N11O13S2/c1-5-22(4)35-42(66)48-25(12-13-32(44)57)37(61)49-28(17-33(45)58)38(62)52-29(19-68-69-20-31(56)41(65)51-27(39(63)53-35)16-23-8-10-24(55)11-9-23)43(67)54-14-6-7-30(54)40(64)50-26(15-21(2)3)36(60)47-18-34(46)59/h6-11,21-22,25-31,35,55-56H,5,12-20H2,1-4H3,(H2,44,57)(H2,45,58)(H2,46,59)(H,47,60)(H,48,66)(H,49,61)(H,50,64)(H,51,65)(H,52,62)(H,53,63)/t22-,25-,26-,27-,28-,29-,30-,31+,35-/m0/s1. The first kappa shape index (κ1) is 56.9. The molecule has 1 aromatic carbocycles. The predicted molar refractivity (Wildman–Crippen MR) is 252 cm³/mol. The molecule has 0 bridgehead atoms. The molecule has 0 saturated carbocycles. The molecule has 2 heterocycles. The SMILES string of the molecule is CC[C@H](C)[C@@H]1NC(=O)[C@H](Cc2ccc(O)cc2)NC(=O)[C@H](O)CSSC[C@@H](C(=O)N2CC=C[C@H]2C(=O)N[C@@H](CC(C)C)C(=O)NCC(N)=O)NC(=O)[C@H](CC(N)=O)NC(=O)[C@H](CCC(N)=O)NC1=O. The van der Waals surface area contributed by atoms with Gasteiger partial charge in [-0.2, -0.15) is 0 Å². The highest BCUT2D eigenvalue weighted by molar-refractivity contribution is 8.76. The van der Waals surface area contributed by atoms with Crippen molar-refractivity contribution in [1.82, 2.24) is 42.1 Å². The van der Waals surface area contributed by atoms with Crippen LogP contribution in [0.4, 0.5) is 0 Å². The zero-order valence-corrected chi connectivity index (χ0v) is 40.3. The normalized spacial score (nSPS) is 24.1. The van der Waals surface area contributed by atoms with Crippen molar-refractivity contribution in [3.63, 3.8) is 0 Å². The van der Waals surface area contributed by atoms with Gasteiger partial charge in [0, 0.05) is 30.9 Å². The van der Waals surface area contributed by atoms with Crippen LogP contribution in [-0.2, 0) is 59.2 Å². The molecule has 380 valence electrons. The molecular formula is C43H63N11O13S2. The van der Waals surface area contributed by atoms with Crippen molar-refractivity contribution in [2.75, 3.05) is 24.6 Å². The number of nitrogens with zero attached hydrogens (tertiary/aromatic N) is 1. The third-order valence-corrected chi connectivity index (χ3v) is 13.3. The number of phenolic OH excluding ortho intramolecular Hbond substituents is 1. The molecule has 0 radical (unpaired) electrons. The Hall–Kier alpha value is -6.41. The van der Waals surface area contributed by atoms with Crippen molar-refractivity contribution in [1.29, 1.82) is 0 Å². The van der Waals surface area contributed by atoms with E-state index in [1.54, 1.807) is 27.7 Å². The van der Waals surface area contributed by atoms with E-state index in [0.717, 1.165) is 26.5 Å². The van der Waals surface area contributed by atoms with E-state index in [-0.39, 0.29) is 42.6 Å². The largest absolute Gasteiger partial charge is 0.508 e. The van der Waals surface area contributed by atoms with Crippen LogP contribution in [0, 0.1) is 11.8 Å². The number of aliphatic hydroxyl groups excluding tert-OH is 1. The lowest BCUT2D eigenvalue weighted by Crippen LogP contribution is -2.61. The van der Waals surface area contributed by atoms with Gasteiger partial charge in [-0.15, -0.1) is 0 Å². The zero-order chi connectivity index (χ0) is 51.5. The number of carbonyl (C=O) groups excluding carboxylic acids is 11. The molecule has 1 aromatic rings. The fourth-order valence-electron chi connectivity index (χ4n) is 6.99. The molecule has 2 aliphatic rings. The molecule has 15 N–H and O–H groups in total. The molecule has 0 aliphatic carbocycles. The monoisotopic (exact) mass is 1010 g/mol. The first-order valence-electron chi connectivity index (χ1n) is 22.1. The lowest BCUT2D eigenvalue weighted by atomic mass is 9.96. The van der Waals surface area contributed by atoms with Gasteiger partial charge in [0.25, 0.3) is 0 Å². The van der Waals surface area contributed by atoms with Crippen molar-refractivity contribution < 1.29 is 63.0 Å². The minimum Gasteiger partial charge on any atom is -0.508 e. The average molecular weight is 1010 g/mol. The van der Waals surface area contributed by atoms with E-state index in [1.165, 1.54) is 36.4 Å². The Labute approximate surface area is 406 Å². The molecule has 0 spiro atoms. The van der Waals surface area contributed by atoms with Gasteiger partial charge in [-0.3, -0.25) is 52.7 Å². The summed E-state index contributed by atoms with van der Waals surface area (Å²) in [6.07, 6.45) is -0.265. The smallest absolute Gasteiger partial charge is 0.250 e. The van der Waals surface area contributed by atoms with Crippen LogP contribution in [-0.4, -0.2) is 153 Å². The maximum absolute atomic E-state index is 14.4. The van der Waals surface area contributed by atoms with E-state index in [0.29, 0.717) is 12.0 Å². The summed E-state index contributed by atoms with van der Waals surface area (Å²) in [6.45, 7) is 6.29. The van der Waals surface area contributed by atoms with E-state index >= 15 is 0 Å². The molecule has 9 atom stereocenters. The Balaban J connectivity index is 2.05. The van der Waals surface area contributed by atoms with Crippen molar-refractivity contribution in [3.8, 4) is 5.75 Å². The van der Waals surface area contributed by atoms with Crippen LogP contribution in [0.15, 0.2) is 36.4 Å². The van der Waals surface area contributed by atoms with Crippen LogP contribution in [0.1, 0.15) is 65.4 Å². The van der Waals surface area contributed by atoms with Crippen LogP contribution in [0.5, 0.6) is 5.75 Å². The van der Waals surface area contributed by atoms with Gasteiger partial charge in [-0.05, 0) is 42.4 Å². The topological polar surface area (TPSA) is 394 Å². The summed E-state index contributed by atoms with van der Waals surface area (Å²) in [6, 6.07) is -4.44. The van der Waals surface area contributed by atoms with Crippen molar-refractivity contribution in [2.45, 2.75) is 115 Å². The third-order valence-electron chi connectivity index (χ3n) is 10.9. The number of nitrogens with two attached hydrogens (primary N) is 3. The lowest BCUT2D eigenvalue weighted by Gasteiger charge is -2.31. The lowest BCUT2D eigenvalue weighted by molar-refractivity contribution is -0.141. The van der Waals surface area contributed by atoms with Crippen molar-refractivity contribution >= 4 is 86.6 Å². The van der Waals surface area contributed by atoms with E-state index in [9.17, 15) is 63.0 Å². The summed E-state index contributed by atoms with van der Waals surface area (Å²) >= 11 is 0. The van der Waals surface area contributed by atoms with Gasteiger partial charge < -0.3 is 69.5 Å². The van der Waals surface area contributed by atoms with Gasteiger partial charge in [0.1, 0.15) is 54.1 Å². The first-order chi connectivity index (χ1) is 32.5. The molecular weight excluding hydrogens is 943 g/mol. The Morgan fingerprint density at radius 2 is 1.39 bits per heavy atom. The second-order valence-corrected chi connectivity index (χ2v) is 19.5. The molecule has 11 amide bonds. The number of phenols is 1. The minimum atomic E-state index is -1.79. The molecule has 26 heteroatoms. The Morgan fingerprint density at radius 1 is 0.783 bits per heavy atom. The second kappa shape index (κ2) is 27.6. The molecule has 24 nitrogen and oxygen atoms in total. The molecule has 1 fully saturated rings. The molecule has 69 heavy (non-hydrogen) atoms. The third kappa shape index (κ3) is 18.5. The zero-order valence-electron chi connectivity index (χ0n) is 38.7. The summed E-state index contributed by atoms with van der Waals surface area (Å²) in [5.41, 5.74) is 16.5. The Bertz CT molecular complexity index is 2090. The number of benzene rings is 1. The number of hydrogen-bond donors (Lipinski definition) is 12. The Kier molecular flexibility index (Phi) is 22.7. The van der Waals surface area contributed by atoms with E-state index in [2.05, 4.69) is 37.2 Å². The number of amides is 11. The number of aliphatic hydroxyl groups is 1. The van der Waals surface area contributed by atoms with Gasteiger partial charge in [0.2, 0.25) is 65.0 Å². The number of aromatic hydroxyl groups is 1. The average Bonchev–Trinajstić information content (AvgIpc) is 3.78. The van der Waals surface area contributed by atoms with Crippen LogP contribution in [0.3, 0.4) is 0 Å². The number of rotatable bonds is 17. The van der Waals surface area contributed by atoms with Gasteiger partial charge in [0.15, 0.2) is 0 Å². The van der Waals surface area contributed by atoms with E-state index < -0.39 is 145 Å². The van der Waals surface area contributed by atoms with Crippen molar-refractivity contribution in [3.05, 3.63) is 42.0 Å². The molecule has 0 aromatic heterocycles. The fraction of sp³-hybridized carbons (Fsp3) is 0.558. The highest BCUT2D eigenvalue weighted by atomic mass is 33.1. The highest BCUT2D eigenvalue weighted by Gasteiger charge is 2.39. The first-order valence-corrected chi connectivity index (χ1v) is 24.6. The van der Waals surface area contributed by atoms with Gasteiger partial charge in [-0.1, -0.05) is 80.0 Å².